The summed E-state index contributed by atoms with van der Waals surface area (Å²) in [5.41, 5.74) is -0.247. The van der Waals surface area contributed by atoms with Crippen molar-refractivity contribution in [3.05, 3.63) is 0 Å². The molecule has 96 valence electrons. The molecular formula is C11H24N2O3. The highest BCUT2D eigenvalue weighted by atomic mass is 16.5. The molecule has 2 unspecified atom stereocenters. The number of aliphatic hydroxyl groups is 1. The molecule has 0 heterocycles. The minimum atomic E-state index is -0.355. The Kier molecular flexibility index (Phi) is 6.55. The molecule has 0 fully saturated rings. The Morgan fingerprint density at radius 3 is 2.38 bits per heavy atom. The zero-order valence-corrected chi connectivity index (χ0v) is 10.8. The summed E-state index contributed by atoms with van der Waals surface area (Å²) >= 11 is 0. The molecule has 0 aliphatic carbocycles. The predicted molar refractivity (Wildman–Crippen MR) is 63.2 cm³/mol. The third-order valence-electron chi connectivity index (χ3n) is 1.97. The number of carbonyl (C=O) groups is 1. The van der Waals surface area contributed by atoms with Crippen molar-refractivity contribution < 1.29 is 14.6 Å². The largest absolute Gasteiger partial charge is 0.395 e. The van der Waals surface area contributed by atoms with Gasteiger partial charge in [0.05, 0.1) is 25.3 Å². The number of aliphatic hydroxyl groups excluding tert-OH is 1. The molecule has 0 aromatic heterocycles. The van der Waals surface area contributed by atoms with Gasteiger partial charge < -0.3 is 15.2 Å². The van der Waals surface area contributed by atoms with Crippen LogP contribution in [0.5, 0.6) is 0 Å². The second-order valence-electron chi connectivity index (χ2n) is 4.96. The zero-order chi connectivity index (χ0) is 12.8. The van der Waals surface area contributed by atoms with Crippen molar-refractivity contribution in [1.29, 1.82) is 0 Å². The van der Waals surface area contributed by atoms with Crippen molar-refractivity contribution in [2.75, 3.05) is 20.3 Å². The molecule has 3 N–H and O–H groups in total. The van der Waals surface area contributed by atoms with Crippen LogP contribution in [0, 0.1) is 0 Å². The van der Waals surface area contributed by atoms with Crippen LogP contribution in [0.3, 0.4) is 0 Å². The van der Waals surface area contributed by atoms with Crippen LogP contribution in [-0.2, 0) is 9.53 Å². The van der Waals surface area contributed by atoms with Gasteiger partial charge in [0.25, 0.3) is 0 Å². The van der Waals surface area contributed by atoms with Crippen LogP contribution in [0.4, 0.5) is 0 Å². The van der Waals surface area contributed by atoms with Crippen molar-refractivity contribution in [3.63, 3.8) is 0 Å². The van der Waals surface area contributed by atoms with Crippen LogP contribution in [0.2, 0.25) is 0 Å². The fourth-order valence-corrected chi connectivity index (χ4v) is 1.26. The quantitative estimate of drug-likeness (QED) is 0.597. The average Bonchev–Trinajstić information content (AvgIpc) is 2.14. The second kappa shape index (κ2) is 6.83. The first kappa shape index (κ1) is 15.3. The molecule has 5 heteroatoms. The number of amides is 1. The van der Waals surface area contributed by atoms with Gasteiger partial charge in [-0.3, -0.25) is 10.1 Å². The molecule has 0 bridgehead atoms. The molecule has 0 saturated heterocycles. The Morgan fingerprint density at radius 2 is 2.00 bits per heavy atom. The molecule has 0 saturated carbocycles. The van der Waals surface area contributed by atoms with Gasteiger partial charge in [-0.2, -0.15) is 0 Å². The lowest BCUT2D eigenvalue weighted by atomic mass is 10.1. The van der Waals surface area contributed by atoms with Crippen LogP contribution in [0.25, 0.3) is 0 Å². The van der Waals surface area contributed by atoms with E-state index in [9.17, 15) is 4.79 Å². The SMILES string of the molecule is COCC(CO)NC(C)C(=O)NC(C)(C)C. The molecular weight excluding hydrogens is 208 g/mol. The molecule has 0 aliphatic rings. The lowest BCUT2D eigenvalue weighted by Gasteiger charge is -2.26. The molecule has 0 radical (unpaired) electrons. The Balaban J connectivity index is 4.13. The predicted octanol–water partition coefficient (Wildman–Crippen LogP) is -0.113. The first-order chi connectivity index (χ1) is 7.30. The normalized spacial score (nSPS) is 15.6. The summed E-state index contributed by atoms with van der Waals surface area (Å²) in [5.74, 6) is -0.0814. The van der Waals surface area contributed by atoms with Crippen molar-refractivity contribution in [2.45, 2.75) is 45.3 Å². The summed E-state index contributed by atoms with van der Waals surface area (Å²) in [6.07, 6.45) is 0. The van der Waals surface area contributed by atoms with Crippen LogP contribution >= 0.6 is 0 Å². The van der Waals surface area contributed by atoms with E-state index in [0.29, 0.717) is 6.61 Å². The topological polar surface area (TPSA) is 70.6 Å². The van der Waals surface area contributed by atoms with E-state index in [2.05, 4.69) is 10.6 Å². The number of methoxy groups -OCH3 is 1. The third kappa shape index (κ3) is 6.76. The van der Waals surface area contributed by atoms with Gasteiger partial charge in [-0.1, -0.05) is 0 Å². The minimum absolute atomic E-state index is 0.0546. The van der Waals surface area contributed by atoms with Crippen molar-refractivity contribution in [1.82, 2.24) is 10.6 Å². The summed E-state index contributed by atoms with van der Waals surface area (Å²) in [5, 5.41) is 14.9. The lowest BCUT2D eigenvalue weighted by Crippen LogP contribution is -2.53. The Labute approximate surface area is 97.6 Å². The summed E-state index contributed by atoms with van der Waals surface area (Å²) in [6, 6.07) is -0.572. The smallest absolute Gasteiger partial charge is 0.237 e. The van der Waals surface area contributed by atoms with Gasteiger partial charge in [0.2, 0.25) is 5.91 Å². The highest BCUT2D eigenvalue weighted by Gasteiger charge is 2.21. The van der Waals surface area contributed by atoms with Gasteiger partial charge in [-0.15, -0.1) is 0 Å². The van der Waals surface area contributed by atoms with E-state index in [4.69, 9.17) is 9.84 Å². The van der Waals surface area contributed by atoms with E-state index in [1.165, 1.54) is 0 Å². The lowest BCUT2D eigenvalue weighted by molar-refractivity contribution is -0.124. The van der Waals surface area contributed by atoms with E-state index in [-0.39, 0.29) is 30.1 Å². The maximum Gasteiger partial charge on any atom is 0.237 e. The molecule has 1 amide bonds. The van der Waals surface area contributed by atoms with Crippen molar-refractivity contribution >= 4 is 5.91 Å². The summed E-state index contributed by atoms with van der Waals surface area (Å²) in [6.45, 7) is 7.87. The maximum absolute atomic E-state index is 11.7. The highest BCUT2D eigenvalue weighted by molar-refractivity contribution is 5.81. The molecule has 5 nitrogen and oxygen atoms in total. The third-order valence-corrected chi connectivity index (χ3v) is 1.97. The first-order valence-corrected chi connectivity index (χ1v) is 5.48. The summed E-state index contributed by atoms with van der Waals surface area (Å²) < 4.78 is 4.92. The Morgan fingerprint density at radius 1 is 1.44 bits per heavy atom. The van der Waals surface area contributed by atoms with Crippen LogP contribution in [0.1, 0.15) is 27.7 Å². The molecule has 0 spiro atoms. The van der Waals surface area contributed by atoms with Gasteiger partial charge in [-0.25, -0.2) is 0 Å². The first-order valence-electron chi connectivity index (χ1n) is 5.48. The summed E-state index contributed by atoms with van der Waals surface area (Å²) in [7, 11) is 1.56. The fourth-order valence-electron chi connectivity index (χ4n) is 1.26. The van der Waals surface area contributed by atoms with Gasteiger partial charge in [0, 0.05) is 12.6 Å². The standard InChI is InChI=1S/C11H24N2O3/c1-8(10(15)13-11(2,3)4)12-9(6-14)7-16-5/h8-9,12,14H,6-7H2,1-5H3,(H,13,15). The number of ether oxygens (including phenoxy) is 1. The molecule has 0 rings (SSSR count). The monoisotopic (exact) mass is 232 g/mol. The van der Waals surface area contributed by atoms with E-state index >= 15 is 0 Å². The second-order valence-corrected chi connectivity index (χ2v) is 4.96. The van der Waals surface area contributed by atoms with E-state index in [1.54, 1.807) is 14.0 Å². The van der Waals surface area contributed by atoms with Gasteiger partial charge >= 0.3 is 0 Å². The van der Waals surface area contributed by atoms with Gasteiger partial charge in [0.15, 0.2) is 0 Å². The molecule has 16 heavy (non-hydrogen) atoms. The zero-order valence-electron chi connectivity index (χ0n) is 10.8. The van der Waals surface area contributed by atoms with Crippen molar-refractivity contribution in [3.8, 4) is 0 Å². The number of rotatable bonds is 6. The van der Waals surface area contributed by atoms with E-state index in [0.717, 1.165) is 0 Å². The van der Waals surface area contributed by atoms with Crippen LogP contribution in [-0.4, -0.2) is 49.0 Å². The number of nitrogens with one attached hydrogen (secondary N) is 2. The van der Waals surface area contributed by atoms with Crippen LogP contribution < -0.4 is 10.6 Å². The number of hydrogen-bond donors (Lipinski definition) is 3. The summed E-state index contributed by atoms with van der Waals surface area (Å²) in [4.78, 5) is 11.7. The Bertz CT molecular complexity index is 214. The van der Waals surface area contributed by atoms with Gasteiger partial charge in [0.1, 0.15) is 0 Å². The fraction of sp³-hybridized carbons (Fsp3) is 0.909. The van der Waals surface area contributed by atoms with Gasteiger partial charge in [-0.05, 0) is 27.7 Å². The number of hydrogen-bond acceptors (Lipinski definition) is 4. The molecule has 2 atom stereocenters. The average molecular weight is 232 g/mol. The Hall–Kier alpha value is -0.650. The maximum atomic E-state index is 11.7. The number of carbonyl (C=O) groups excluding carboxylic acids is 1. The van der Waals surface area contributed by atoms with Crippen molar-refractivity contribution in [2.24, 2.45) is 0 Å². The molecule has 0 aromatic carbocycles. The van der Waals surface area contributed by atoms with E-state index in [1.807, 2.05) is 20.8 Å². The highest BCUT2D eigenvalue weighted by Crippen LogP contribution is 2.00. The molecule has 0 aromatic rings. The molecule has 0 aliphatic heterocycles. The van der Waals surface area contributed by atoms with Crippen LogP contribution in [0.15, 0.2) is 0 Å². The minimum Gasteiger partial charge on any atom is -0.395 e. The van der Waals surface area contributed by atoms with E-state index < -0.39 is 0 Å².